The van der Waals surface area contributed by atoms with Gasteiger partial charge in [0, 0.05) is 33.3 Å². The monoisotopic (exact) mass is 612 g/mol. The number of amides is 3. The highest BCUT2D eigenvalue weighted by atomic mass is 35.5. The van der Waals surface area contributed by atoms with E-state index >= 15 is 0 Å². The first kappa shape index (κ1) is 29.8. The summed E-state index contributed by atoms with van der Waals surface area (Å²) in [7, 11) is 1.40. The van der Waals surface area contributed by atoms with E-state index in [-0.39, 0.29) is 27.7 Å². The molecule has 2 aliphatic rings. The predicted molar refractivity (Wildman–Crippen MR) is 161 cm³/mol. The number of fused-ring (bicyclic) bond motifs is 2. The van der Waals surface area contributed by atoms with Crippen LogP contribution in [-0.4, -0.2) is 36.9 Å². The average molecular weight is 614 g/mol. The van der Waals surface area contributed by atoms with E-state index in [0.717, 1.165) is 0 Å². The number of nitrogens with two attached hydrogens (primary N) is 1. The quantitative estimate of drug-likeness (QED) is 0.287. The van der Waals surface area contributed by atoms with Crippen molar-refractivity contribution in [2.75, 3.05) is 17.7 Å². The fraction of sp³-hybridized carbons (Fsp3) is 0.323. The molecule has 0 saturated carbocycles. The second kappa shape index (κ2) is 10.9. The molecule has 1 fully saturated rings. The number of nitrogens with one attached hydrogen (secondary N) is 3. The van der Waals surface area contributed by atoms with Gasteiger partial charge >= 0.3 is 0 Å². The summed E-state index contributed by atoms with van der Waals surface area (Å²) < 4.78 is 20.3. The molecule has 3 amide bonds. The molecule has 1 saturated heterocycles. The summed E-state index contributed by atoms with van der Waals surface area (Å²) in [5, 5.41) is 9.88. The maximum absolute atomic E-state index is 14.9. The van der Waals surface area contributed by atoms with Gasteiger partial charge in [-0.1, -0.05) is 50.0 Å². The average Bonchev–Trinajstić information content (AvgIpc) is 3.37. The molecule has 0 aliphatic carbocycles. The first-order valence-corrected chi connectivity index (χ1v) is 14.1. The number of halogens is 3. The third kappa shape index (κ3) is 5.21. The molecule has 3 aromatic rings. The van der Waals surface area contributed by atoms with Gasteiger partial charge in [-0.25, -0.2) is 4.39 Å². The number of methoxy groups -OCH3 is 1. The van der Waals surface area contributed by atoms with E-state index in [9.17, 15) is 18.8 Å². The van der Waals surface area contributed by atoms with Crippen LogP contribution in [0.5, 0.6) is 5.75 Å². The lowest BCUT2D eigenvalue weighted by atomic mass is 9.62. The fourth-order valence-electron chi connectivity index (χ4n) is 6.34. The minimum Gasteiger partial charge on any atom is -0.495 e. The first-order chi connectivity index (χ1) is 19.7. The van der Waals surface area contributed by atoms with Crippen molar-refractivity contribution in [1.82, 2.24) is 5.32 Å². The van der Waals surface area contributed by atoms with Crippen LogP contribution < -0.4 is 26.4 Å². The highest BCUT2D eigenvalue weighted by Gasteiger charge is 2.65. The predicted octanol–water partition coefficient (Wildman–Crippen LogP) is 5.63. The maximum atomic E-state index is 14.9. The van der Waals surface area contributed by atoms with Gasteiger partial charge in [-0.15, -0.1) is 0 Å². The number of rotatable bonds is 6. The van der Waals surface area contributed by atoms with E-state index in [4.69, 9.17) is 33.7 Å². The van der Waals surface area contributed by atoms with E-state index in [1.807, 2.05) is 20.8 Å². The number of anilines is 2. The van der Waals surface area contributed by atoms with Gasteiger partial charge in [0.05, 0.1) is 18.8 Å². The topological polar surface area (TPSA) is 123 Å². The number of hydrogen-bond acceptors (Lipinski definition) is 5. The van der Waals surface area contributed by atoms with Crippen molar-refractivity contribution in [2.45, 2.75) is 50.6 Å². The second-order valence-corrected chi connectivity index (χ2v) is 12.8. The third-order valence-corrected chi connectivity index (χ3v) is 8.35. The smallest absolute Gasteiger partial charge is 0.248 e. The fourth-order valence-corrected chi connectivity index (χ4v) is 6.74. The van der Waals surface area contributed by atoms with E-state index in [0.29, 0.717) is 33.9 Å². The van der Waals surface area contributed by atoms with Crippen LogP contribution in [0.1, 0.15) is 54.6 Å². The van der Waals surface area contributed by atoms with E-state index < -0.39 is 41.0 Å². The molecule has 5 N–H and O–H groups in total. The molecule has 42 heavy (non-hydrogen) atoms. The Balaban J connectivity index is 1.69. The summed E-state index contributed by atoms with van der Waals surface area (Å²) in [6, 6.07) is 12.1. The van der Waals surface area contributed by atoms with Crippen molar-refractivity contribution in [3.05, 3.63) is 87.2 Å². The van der Waals surface area contributed by atoms with Crippen LogP contribution in [0.15, 0.2) is 54.6 Å². The standard InChI is InChI=1S/C31H31Cl2FN4O4/c1-30(2,3)14-24-31(20-7-6-17(32)13-22(20)37-29(31)41)25(16-9-18(33)12-19(34)10-16)26(38-24)28(40)36-21-8-5-15(27(35)39)11-23(21)42-4/h5-13,24-26,38H,14H2,1-4H3,(H2,35,39)(H,36,40)(H,37,41)/t24-,25-,26+,31+/m0/s1. The highest BCUT2D eigenvalue weighted by Crippen LogP contribution is 2.57. The van der Waals surface area contributed by atoms with Gasteiger partial charge in [-0.3, -0.25) is 14.4 Å². The van der Waals surface area contributed by atoms with Crippen molar-refractivity contribution in [2.24, 2.45) is 11.1 Å². The van der Waals surface area contributed by atoms with Gasteiger partial charge in [0.25, 0.3) is 0 Å². The normalized spacial score (nSPS) is 23.0. The van der Waals surface area contributed by atoms with Crippen LogP contribution in [0.3, 0.4) is 0 Å². The molecule has 2 heterocycles. The first-order valence-electron chi connectivity index (χ1n) is 13.4. The Hall–Kier alpha value is -3.66. The highest BCUT2D eigenvalue weighted by molar-refractivity contribution is 6.31. The molecule has 8 nitrogen and oxygen atoms in total. The second-order valence-electron chi connectivity index (χ2n) is 11.9. The SMILES string of the molecule is COc1cc(C(N)=O)ccc1NC(=O)[C@@H]1N[C@@H](CC(C)(C)C)[C@@]2(C(=O)Nc3cc(Cl)ccc32)[C@H]1c1cc(F)cc(Cl)c1. The lowest BCUT2D eigenvalue weighted by molar-refractivity contribution is -0.122. The van der Waals surface area contributed by atoms with Gasteiger partial charge in [-0.05, 0) is 71.5 Å². The number of primary amides is 1. The molecule has 2 aliphatic heterocycles. The Kier molecular flexibility index (Phi) is 7.72. The Morgan fingerprint density at radius 2 is 1.81 bits per heavy atom. The summed E-state index contributed by atoms with van der Waals surface area (Å²) in [4.78, 5) is 40.1. The molecular weight excluding hydrogens is 582 g/mol. The number of ether oxygens (including phenoxy) is 1. The van der Waals surface area contributed by atoms with Crippen LogP contribution in [0, 0.1) is 11.2 Å². The molecule has 0 aromatic heterocycles. The van der Waals surface area contributed by atoms with Crippen molar-refractivity contribution in [3.63, 3.8) is 0 Å². The van der Waals surface area contributed by atoms with E-state index in [1.54, 1.807) is 24.3 Å². The largest absolute Gasteiger partial charge is 0.495 e. The van der Waals surface area contributed by atoms with E-state index in [2.05, 4.69) is 16.0 Å². The number of carbonyl (C=O) groups excluding carboxylic acids is 3. The molecule has 11 heteroatoms. The zero-order valence-corrected chi connectivity index (χ0v) is 25.0. The van der Waals surface area contributed by atoms with Crippen molar-refractivity contribution in [3.8, 4) is 5.75 Å². The van der Waals surface area contributed by atoms with E-state index in [1.165, 1.54) is 37.4 Å². The number of benzene rings is 3. The van der Waals surface area contributed by atoms with Gasteiger partial charge < -0.3 is 26.4 Å². The number of hydrogen-bond donors (Lipinski definition) is 4. The summed E-state index contributed by atoms with van der Waals surface area (Å²) in [6.45, 7) is 6.14. The molecule has 3 aromatic carbocycles. The van der Waals surface area contributed by atoms with Crippen LogP contribution in [0.25, 0.3) is 0 Å². The van der Waals surface area contributed by atoms with Gasteiger partial charge in [0.2, 0.25) is 17.7 Å². The van der Waals surface area contributed by atoms with Crippen LogP contribution in [0.2, 0.25) is 10.0 Å². The molecule has 0 radical (unpaired) electrons. The maximum Gasteiger partial charge on any atom is 0.248 e. The third-order valence-electron chi connectivity index (χ3n) is 7.89. The minimum absolute atomic E-state index is 0.136. The zero-order valence-electron chi connectivity index (χ0n) is 23.5. The van der Waals surface area contributed by atoms with Crippen LogP contribution in [-0.2, 0) is 15.0 Å². The molecular formula is C31H31Cl2FN4O4. The Morgan fingerprint density at radius 3 is 2.45 bits per heavy atom. The van der Waals surface area contributed by atoms with Crippen molar-refractivity contribution < 1.29 is 23.5 Å². The molecule has 5 rings (SSSR count). The summed E-state index contributed by atoms with van der Waals surface area (Å²) in [5.41, 5.74) is 5.91. The Morgan fingerprint density at radius 1 is 1.07 bits per heavy atom. The number of carbonyl (C=O) groups is 3. The van der Waals surface area contributed by atoms with Crippen molar-refractivity contribution >= 4 is 52.3 Å². The minimum atomic E-state index is -1.31. The van der Waals surface area contributed by atoms with Gasteiger partial charge in [0.1, 0.15) is 17.0 Å². The van der Waals surface area contributed by atoms with Gasteiger partial charge in [-0.2, -0.15) is 0 Å². The molecule has 220 valence electrons. The lowest BCUT2D eigenvalue weighted by Gasteiger charge is -2.37. The summed E-state index contributed by atoms with van der Waals surface area (Å²) in [5.74, 6) is -2.71. The summed E-state index contributed by atoms with van der Waals surface area (Å²) in [6.07, 6.45) is 0.502. The van der Waals surface area contributed by atoms with Gasteiger partial charge in [0.15, 0.2) is 0 Å². The van der Waals surface area contributed by atoms with Crippen LogP contribution >= 0.6 is 23.2 Å². The lowest BCUT2D eigenvalue weighted by Crippen LogP contribution is -2.49. The summed E-state index contributed by atoms with van der Waals surface area (Å²) >= 11 is 12.6. The Labute approximate surface area is 253 Å². The van der Waals surface area contributed by atoms with Crippen LogP contribution in [0.4, 0.5) is 15.8 Å². The molecule has 1 spiro atoms. The molecule has 0 bridgehead atoms. The molecule has 0 unspecified atom stereocenters. The molecule has 4 atom stereocenters. The zero-order chi connectivity index (χ0) is 30.6. The Bertz CT molecular complexity index is 1590. The van der Waals surface area contributed by atoms with Crippen molar-refractivity contribution in [1.29, 1.82) is 0 Å².